The van der Waals surface area contributed by atoms with Crippen LogP contribution < -0.4 is 5.73 Å². The van der Waals surface area contributed by atoms with Crippen LogP contribution in [0.5, 0.6) is 0 Å². The average Bonchev–Trinajstić information content (AvgIpc) is 3.49. The minimum Gasteiger partial charge on any atom is -0.448 e. The van der Waals surface area contributed by atoms with E-state index in [0.717, 1.165) is 11.1 Å². The molecule has 198 valence electrons. The normalized spacial score (nSPS) is 21.1. The van der Waals surface area contributed by atoms with E-state index in [2.05, 4.69) is 0 Å². The Morgan fingerprint density at radius 2 is 1.76 bits per heavy atom. The van der Waals surface area contributed by atoms with E-state index < -0.39 is 48.0 Å². The van der Waals surface area contributed by atoms with Gasteiger partial charge in [-0.2, -0.15) is 5.06 Å². The first-order chi connectivity index (χ1) is 18.3. The van der Waals surface area contributed by atoms with Gasteiger partial charge < -0.3 is 20.1 Å². The smallest absolute Gasteiger partial charge is 0.376 e. The van der Waals surface area contributed by atoms with Crippen molar-refractivity contribution in [2.24, 2.45) is 5.73 Å². The molecule has 4 rings (SSSR count). The minimum atomic E-state index is -2.22. The summed E-state index contributed by atoms with van der Waals surface area (Å²) in [5.41, 5.74) is 4.26. The number of nitrogens with two attached hydrogens (primary N) is 1. The highest BCUT2D eigenvalue weighted by Crippen LogP contribution is 2.38. The first-order valence-corrected chi connectivity index (χ1v) is 12.0. The van der Waals surface area contributed by atoms with Gasteiger partial charge in [-0.25, -0.2) is 9.18 Å². The molecule has 1 unspecified atom stereocenters. The SMILES string of the molecule is NC(=O)CC(=S)N(C=CF)[C@H]1CON(C2(C(=O)OC(c3ccccc3)c3ccccc3)CCC(=O)O2)C1=O. The molecule has 0 aromatic heterocycles. The summed E-state index contributed by atoms with van der Waals surface area (Å²) in [7, 11) is 0. The molecule has 38 heavy (non-hydrogen) atoms. The molecular formula is C26H24FN3O7S. The Morgan fingerprint density at radius 1 is 1.16 bits per heavy atom. The maximum Gasteiger partial charge on any atom is 0.376 e. The van der Waals surface area contributed by atoms with Crippen LogP contribution in [-0.4, -0.2) is 57.1 Å². The summed E-state index contributed by atoms with van der Waals surface area (Å²) in [6.45, 7) is -0.380. The number of amides is 2. The maximum absolute atomic E-state index is 13.7. The lowest BCUT2D eigenvalue weighted by Gasteiger charge is -2.34. The quantitative estimate of drug-likeness (QED) is 0.376. The molecule has 0 aliphatic carbocycles. The number of halogens is 1. The van der Waals surface area contributed by atoms with E-state index in [4.69, 9.17) is 32.3 Å². The number of nitrogens with zero attached hydrogens (tertiary/aromatic N) is 2. The van der Waals surface area contributed by atoms with Crippen LogP contribution in [0.2, 0.25) is 0 Å². The van der Waals surface area contributed by atoms with Crippen molar-refractivity contribution < 1.29 is 37.9 Å². The van der Waals surface area contributed by atoms with Crippen LogP contribution in [0, 0.1) is 0 Å². The number of esters is 2. The summed E-state index contributed by atoms with van der Waals surface area (Å²) in [5, 5.41) is 0.643. The first-order valence-electron chi connectivity index (χ1n) is 11.6. The van der Waals surface area contributed by atoms with Crippen LogP contribution in [0.3, 0.4) is 0 Å². The summed E-state index contributed by atoms with van der Waals surface area (Å²) in [4.78, 5) is 57.2. The number of primary amides is 1. The average molecular weight is 542 g/mol. The zero-order chi connectivity index (χ0) is 27.3. The fourth-order valence-electron chi connectivity index (χ4n) is 4.27. The Balaban J connectivity index is 1.65. The lowest BCUT2D eigenvalue weighted by Crippen LogP contribution is -2.57. The second kappa shape index (κ2) is 11.5. The number of cyclic esters (lactones) is 1. The summed E-state index contributed by atoms with van der Waals surface area (Å²) < 4.78 is 24.4. The third-order valence-electron chi connectivity index (χ3n) is 6.04. The summed E-state index contributed by atoms with van der Waals surface area (Å²) in [6, 6.07) is 16.6. The lowest BCUT2D eigenvalue weighted by molar-refractivity contribution is -0.260. The molecule has 12 heteroatoms. The summed E-state index contributed by atoms with van der Waals surface area (Å²) in [5.74, 6) is -3.39. The van der Waals surface area contributed by atoms with Crippen LogP contribution in [0.25, 0.3) is 0 Å². The number of ether oxygens (including phenoxy) is 2. The molecule has 2 saturated heterocycles. The summed E-state index contributed by atoms with van der Waals surface area (Å²) in [6.07, 6.45) is -0.738. The van der Waals surface area contributed by atoms with Crippen molar-refractivity contribution >= 4 is 41.0 Å². The lowest BCUT2D eigenvalue weighted by atomic mass is 10.0. The number of hydrogen-bond donors (Lipinski definition) is 1. The van der Waals surface area contributed by atoms with Crippen molar-refractivity contribution in [3.63, 3.8) is 0 Å². The molecule has 0 radical (unpaired) electrons. The monoisotopic (exact) mass is 541 g/mol. The van der Waals surface area contributed by atoms with Gasteiger partial charge in [0.2, 0.25) is 5.91 Å². The minimum absolute atomic E-state index is 0.132. The Kier molecular flexibility index (Phi) is 8.13. The molecule has 2 amide bonds. The fourth-order valence-corrected chi connectivity index (χ4v) is 4.60. The third kappa shape index (κ3) is 5.41. The van der Waals surface area contributed by atoms with E-state index in [-0.39, 0.29) is 30.8 Å². The highest BCUT2D eigenvalue weighted by molar-refractivity contribution is 7.80. The van der Waals surface area contributed by atoms with Gasteiger partial charge in [-0.3, -0.25) is 19.2 Å². The van der Waals surface area contributed by atoms with Crippen molar-refractivity contribution in [2.45, 2.75) is 37.1 Å². The maximum atomic E-state index is 13.7. The van der Waals surface area contributed by atoms with E-state index in [0.29, 0.717) is 16.2 Å². The van der Waals surface area contributed by atoms with Gasteiger partial charge in [0.1, 0.15) is 19.0 Å². The number of carbonyl (C=O) groups excluding carboxylic acids is 4. The Labute approximate surface area is 222 Å². The first kappa shape index (κ1) is 26.9. The van der Waals surface area contributed by atoms with Crippen LogP contribution in [0.4, 0.5) is 4.39 Å². The zero-order valence-electron chi connectivity index (χ0n) is 20.0. The number of hydroxylamine groups is 2. The van der Waals surface area contributed by atoms with Crippen LogP contribution in [0.15, 0.2) is 73.2 Å². The van der Waals surface area contributed by atoms with Gasteiger partial charge >= 0.3 is 17.7 Å². The van der Waals surface area contributed by atoms with Crippen molar-refractivity contribution in [2.75, 3.05) is 6.61 Å². The molecule has 2 fully saturated rings. The number of rotatable bonds is 9. The fraction of sp³-hybridized carbons (Fsp3) is 0.269. The van der Waals surface area contributed by atoms with Gasteiger partial charge in [0, 0.05) is 12.6 Å². The van der Waals surface area contributed by atoms with Crippen molar-refractivity contribution in [3.8, 4) is 0 Å². The second-order valence-electron chi connectivity index (χ2n) is 8.53. The number of benzene rings is 2. The van der Waals surface area contributed by atoms with Crippen molar-refractivity contribution in [1.29, 1.82) is 0 Å². The molecule has 2 atom stereocenters. The molecule has 0 bridgehead atoms. The van der Waals surface area contributed by atoms with E-state index in [1.165, 1.54) is 0 Å². The Morgan fingerprint density at radius 3 is 2.26 bits per heavy atom. The third-order valence-corrected chi connectivity index (χ3v) is 6.40. The number of hydrogen-bond acceptors (Lipinski definition) is 8. The number of thiocarbonyl (C=S) groups is 1. The second-order valence-corrected chi connectivity index (χ2v) is 9.00. The summed E-state index contributed by atoms with van der Waals surface area (Å²) >= 11 is 5.15. The highest BCUT2D eigenvalue weighted by Gasteiger charge is 2.61. The van der Waals surface area contributed by atoms with Gasteiger partial charge in [-0.15, -0.1) is 0 Å². The van der Waals surface area contributed by atoms with E-state index in [9.17, 15) is 23.6 Å². The molecule has 0 saturated carbocycles. The Bertz CT molecular complexity index is 1220. The molecule has 0 spiro atoms. The standard InChI is InChI=1S/C26H24FN3O7S/c27-13-14-29(21(38)15-20(28)31)19-16-35-30(24(19)33)26(12-11-22(32)37-26)25(34)36-23(17-7-3-1-4-8-17)18-9-5-2-6-10-18/h1-10,13-14,19,23H,11-12,15-16H2,(H2,28,31)/t19-,26?/m0/s1. The molecule has 2 aromatic carbocycles. The van der Waals surface area contributed by atoms with E-state index >= 15 is 0 Å². The zero-order valence-corrected chi connectivity index (χ0v) is 20.8. The van der Waals surface area contributed by atoms with Crippen LogP contribution in [-0.2, 0) is 33.5 Å². The van der Waals surface area contributed by atoms with Crippen molar-refractivity contribution in [3.05, 3.63) is 84.3 Å². The van der Waals surface area contributed by atoms with Gasteiger partial charge in [0.25, 0.3) is 5.91 Å². The van der Waals surface area contributed by atoms with Crippen LogP contribution >= 0.6 is 12.2 Å². The molecule has 2 N–H and O–H groups in total. The largest absolute Gasteiger partial charge is 0.448 e. The molecule has 10 nitrogen and oxygen atoms in total. The van der Waals surface area contributed by atoms with Gasteiger partial charge in [0.15, 0.2) is 6.10 Å². The topological polar surface area (TPSA) is 128 Å². The molecular weight excluding hydrogens is 517 g/mol. The molecule has 2 aliphatic rings. The van der Waals surface area contributed by atoms with Gasteiger partial charge in [-0.05, 0) is 11.1 Å². The van der Waals surface area contributed by atoms with E-state index in [1.54, 1.807) is 48.5 Å². The predicted molar refractivity (Wildman–Crippen MR) is 134 cm³/mol. The van der Waals surface area contributed by atoms with E-state index in [1.807, 2.05) is 12.1 Å². The molecule has 2 aromatic rings. The number of carbonyl (C=O) groups is 4. The predicted octanol–water partition coefficient (Wildman–Crippen LogP) is 2.44. The Hall–Kier alpha value is -4.16. The van der Waals surface area contributed by atoms with Gasteiger partial charge in [-0.1, -0.05) is 72.9 Å². The van der Waals surface area contributed by atoms with Crippen LogP contribution in [0.1, 0.15) is 36.5 Å². The molecule has 2 heterocycles. The highest BCUT2D eigenvalue weighted by atomic mass is 32.1. The molecule has 2 aliphatic heterocycles. The van der Waals surface area contributed by atoms with Crippen molar-refractivity contribution in [1.82, 2.24) is 9.96 Å². The van der Waals surface area contributed by atoms with Gasteiger partial charge in [0.05, 0.1) is 17.8 Å².